The molecular weight excluding hydrogens is 807 g/mol. The molecule has 0 bridgehead atoms. The molecule has 0 amide bonds. The molecule has 6 aromatic heterocycles. The molecule has 6 heteroatoms. The molecule has 0 atom stereocenters. The Labute approximate surface area is 375 Å². The molecule has 66 heavy (non-hydrogen) atoms. The summed E-state index contributed by atoms with van der Waals surface area (Å²) in [6.45, 7) is 0. The van der Waals surface area contributed by atoms with Gasteiger partial charge >= 0.3 is 0 Å². The fourth-order valence-electron chi connectivity index (χ4n) is 11.6. The van der Waals surface area contributed by atoms with Crippen LogP contribution >= 0.6 is 0 Å². The molecule has 304 valence electrons. The molecule has 10 aromatic carbocycles. The minimum atomic E-state index is 0.558. The van der Waals surface area contributed by atoms with Gasteiger partial charge in [0, 0.05) is 49.0 Å². The quantitative estimate of drug-likeness (QED) is 0.177. The van der Waals surface area contributed by atoms with Crippen LogP contribution in [0.3, 0.4) is 0 Å². The SMILES string of the molecule is c1ccc2cc(-n3c4ccc5c6c4c4c3cccc4n3c4ccccc4c4ccc(c6c43)n5-c3nc(-c4ccc(-c5cccc6ccccc56)cc4)c4c(n3)oc3ccccc34)ccc2c1. The molecule has 16 aromatic rings. The first kappa shape index (κ1) is 34.5. The van der Waals surface area contributed by atoms with Gasteiger partial charge in [-0.1, -0.05) is 146 Å². The van der Waals surface area contributed by atoms with Crippen molar-refractivity contribution in [1.29, 1.82) is 0 Å². The van der Waals surface area contributed by atoms with Gasteiger partial charge in [0.2, 0.25) is 11.7 Å². The van der Waals surface area contributed by atoms with Gasteiger partial charge in [0.15, 0.2) is 0 Å². The lowest BCUT2D eigenvalue weighted by Gasteiger charge is -2.11. The zero-order chi connectivity index (χ0) is 42.8. The number of nitrogens with zero attached hydrogens (tertiary/aromatic N) is 5. The van der Waals surface area contributed by atoms with E-state index in [4.69, 9.17) is 14.4 Å². The highest BCUT2D eigenvalue weighted by molar-refractivity contribution is 6.38. The van der Waals surface area contributed by atoms with Crippen molar-refractivity contribution in [2.24, 2.45) is 0 Å². The van der Waals surface area contributed by atoms with Gasteiger partial charge < -0.3 is 13.4 Å². The van der Waals surface area contributed by atoms with E-state index >= 15 is 0 Å². The van der Waals surface area contributed by atoms with Crippen molar-refractivity contribution in [2.45, 2.75) is 0 Å². The second-order valence-corrected chi connectivity index (χ2v) is 17.7. The molecule has 6 heterocycles. The highest BCUT2D eigenvalue weighted by atomic mass is 16.3. The maximum absolute atomic E-state index is 6.68. The van der Waals surface area contributed by atoms with Crippen LogP contribution in [0.2, 0.25) is 0 Å². The Morgan fingerprint density at radius 3 is 1.89 bits per heavy atom. The van der Waals surface area contributed by atoms with Gasteiger partial charge in [-0.2, -0.15) is 4.98 Å². The summed E-state index contributed by atoms with van der Waals surface area (Å²) in [4.78, 5) is 11.0. The van der Waals surface area contributed by atoms with E-state index in [9.17, 15) is 0 Å². The van der Waals surface area contributed by atoms with Crippen molar-refractivity contribution in [3.05, 3.63) is 200 Å². The normalized spacial score (nSPS) is 12.5. The topological polar surface area (TPSA) is 53.2 Å². The van der Waals surface area contributed by atoms with Crippen LogP contribution in [0, 0.1) is 0 Å². The van der Waals surface area contributed by atoms with Crippen LogP contribution in [0.1, 0.15) is 0 Å². The van der Waals surface area contributed by atoms with E-state index in [-0.39, 0.29) is 0 Å². The van der Waals surface area contributed by atoms with E-state index in [1.807, 2.05) is 12.1 Å². The van der Waals surface area contributed by atoms with Crippen LogP contribution in [0.5, 0.6) is 0 Å². The van der Waals surface area contributed by atoms with Gasteiger partial charge in [-0.05, 0) is 87.3 Å². The number of fused-ring (bicyclic) bond motifs is 9. The fourth-order valence-corrected chi connectivity index (χ4v) is 11.6. The highest BCUT2D eigenvalue weighted by Gasteiger charge is 2.29. The van der Waals surface area contributed by atoms with Crippen molar-refractivity contribution in [1.82, 2.24) is 23.5 Å². The van der Waals surface area contributed by atoms with E-state index in [0.29, 0.717) is 11.7 Å². The summed E-state index contributed by atoms with van der Waals surface area (Å²) in [5, 5.41) is 14.1. The number of aromatic nitrogens is 5. The van der Waals surface area contributed by atoms with E-state index in [0.717, 1.165) is 55.4 Å². The number of furan rings is 1. The molecule has 0 aliphatic rings. The molecule has 0 aliphatic carbocycles. The average molecular weight is 840 g/mol. The van der Waals surface area contributed by atoms with Crippen molar-refractivity contribution in [3.8, 4) is 34.0 Å². The Bertz CT molecular complexity index is 4690. The van der Waals surface area contributed by atoms with E-state index in [1.54, 1.807) is 0 Å². The standard InChI is InChI=1S/C60H33N5O/c1-2-13-38-33-39(28-27-34(38)11-1)63-46-20-10-21-47-53(46)54-48(63)31-32-49-55(54)56-50(30-29-43-42-16-5-7-19-45(42)64(47)58(43)56)65(49)60-61-57(52-44-17-6-8-22-51(44)66-59(52)62-60)37-25-23-36(24-26-37)41-18-9-14-35-12-3-4-15-40(35)41/h1-33H. The third-order valence-electron chi connectivity index (χ3n) is 14.4. The Hall–Kier alpha value is -9.00. The maximum Gasteiger partial charge on any atom is 0.238 e. The summed E-state index contributed by atoms with van der Waals surface area (Å²) in [6.07, 6.45) is 0. The second-order valence-electron chi connectivity index (χ2n) is 17.7. The van der Waals surface area contributed by atoms with E-state index in [2.05, 4.69) is 202 Å². The molecule has 16 rings (SSSR count). The Kier molecular flexibility index (Phi) is 6.47. The molecule has 0 fully saturated rings. The summed E-state index contributed by atoms with van der Waals surface area (Å²) < 4.78 is 13.9. The largest absolute Gasteiger partial charge is 0.437 e. The first-order chi connectivity index (χ1) is 32.7. The average Bonchev–Trinajstić information content (AvgIpc) is 4.10. The van der Waals surface area contributed by atoms with E-state index in [1.165, 1.54) is 81.5 Å². The Morgan fingerprint density at radius 2 is 1.00 bits per heavy atom. The molecule has 0 radical (unpaired) electrons. The number of hydrogen-bond donors (Lipinski definition) is 0. The maximum atomic E-state index is 6.68. The van der Waals surface area contributed by atoms with Crippen LogP contribution in [-0.2, 0) is 0 Å². The Morgan fingerprint density at radius 1 is 0.364 bits per heavy atom. The van der Waals surface area contributed by atoms with Crippen LogP contribution < -0.4 is 0 Å². The molecular formula is C60H33N5O. The first-order valence-corrected chi connectivity index (χ1v) is 22.5. The lowest BCUT2D eigenvalue weighted by atomic mass is 9.96. The monoisotopic (exact) mass is 839 g/mol. The molecule has 6 nitrogen and oxygen atoms in total. The van der Waals surface area contributed by atoms with Crippen LogP contribution in [0.15, 0.2) is 205 Å². The predicted octanol–water partition coefficient (Wildman–Crippen LogP) is 15.6. The van der Waals surface area contributed by atoms with Gasteiger partial charge in [0.1, 0.15) is 5.58 Å². The number of hydrogen-bond acceptors (Lipinski definition) is 3. The molecule has 0 spiro atoms. The lowest BCUT2D eigenvalue weighted by molar-refractivity contribution is 0.651. The van der Waals surface area contributed by atoms with Gasteiger partial charge in [-0.25, -0.2) is 4.98 Å². The Balaban J connectivity index is 1.03. The molecule has 0 saturated heterocycles. The van der Waals surface area contributed by atoms with Gasteiger partial charge in [0.25, 0.3) is 0 Å². The van der Waals surface area contributed by atoms with Gasteiger partial charge in [-0.15, -0.1) is 0 Å². The van der Waals surface area contributed by atoms with Crippen molar-refractivity contribution >= 4 is 115 Å². The number of para-hydroxylation sites is 2. The van der Waals surface area contributed by atoms with Crippen LogP contribution in [0.25, 0.3) is 149 Å². The lowest BCUT2D eigenvalue weighted by Crippen LogP contribution is -2.03. The van der Waals surface area contributed by atoms with Crippen molar-refractivity contribution in [2.75, 3.05) is 0 Å². The summed E-state index contributed by atoms with van der Waals surface area (Å²) in [6, 6.07) is 72.3. The smallest absolute Gasteiger partial charge is 0.238 e. The van der Waals surface area contributed by atoms with Crippen molar-refractivity contribution in [3.63, 3.8) is 0 Å². The zero-order valence-electron chi connectivity index (χ0n) is 35.2. The molecule has 0 unspecified atom stereocenters. The third-order valence-corrected chi connectivity index (χ3v) is 14.4. The molecule has 0 saturated carbocycles. The highest BCUT2D eigenvalue weighted by Crippen LogP contribution is 2.49. The summed E-state index contributed by atoms with van der Waals surface area (Å²) in [5.41, 5.74) is 14.6. The van der Waals surface area contributed by atoms with Gasteiger partial charge in [0.05, 0.1) is 49.7 Å². The summed E-state index contributed by atoms with van der Waals surface area (Å²) in [5.74, 6) is 0.565. The zero-order valence-corrected chi connectivity index (χ0v) is 35.2. The fraction of sp³-hybridized carbons (Fsp3) is 0. The summed E-state index contributed by atoms with van der Waals surface area (Å²) >= 11 is 0. The van der Waals surface area contributed by atoms with Gasteiger partial charge in [-0.3, -0.25) is 4.57 Å². The van der Waals surface area contributed by atoms with Crippen LogP contribution in [-0.4, -0.2) is 23.5 Å². The number of benzene rings is 10. The third kappa shape index (κ3) is 4.35. The van der Waals surface area contributed by atoms with Crippen LogP contribution in [0.4, 0.5) is 0 Å². The first-order valence-electron chi connectivity index (χ1n) is 22.5. The number of rotatable bonds is 4. The predicted molar refractivity (Wildman–Crippen MR) is 272 cm³/mol. The molecule has 0 aliphatic heterocycles. The second kappa shape index (κ2) is 12.4. The van der Waals surface area contributed by atoms with Crippen molar-refractivity contribution < 1.29 is 4.42 Å². The summed E-state index contributed by atoms with van der Waals surface area (Å²) in [7, 11) is 0. The minimum absolute atomic E-state index is 0.558. The minimum Gasteiger partial charge on any atom is -0.437 e. The molecule has 0 N–H and O–H groups in total. The van der Waals surface area contributed by atoms with E-state index < -0.39 is 0 Å².